The van der Waals surface area contributed by atoms with Crippen LogP contribution in [0, 0.1) is 0 Å². The van der Waals surface area contributed by atoms with Crippen molar-refractivity contribution in [2.24, 2.45) is 0 Å². The van der Waals surface area contributed by atoms with Gasteiger partial charge in [0.15, 0.2) is 0 Å². The molecule has 0 spiro atoms. The Hall–Kier alpha value is -1.06. The van der Waals surface area contributed by atoms with Gasteiger partial charge in [-0.05, 0) is 30.4 Å². The minimum atomic E-state index is 0.521. The van der Waals surface area contributed by atoms with Crippen LogP contribution in [0.5, 0.6) is 0 Å². The highest BCUT2D eigenvalue weighted by molar-refractivity contribution is 5.61. The number of rotatable bonds is 6. The van der Waals surface area contributed by atoms with Gasteiger partial charge in [0.25, 0.3) is 0 Å². The zero-order valence-electron chi connectivity index (χ0n) is 12.3. The standard InChI is InChI=1S/C17H26N2O/c1-2-7-16(8-3-1)20-12-11-18-13-15-6-4-5-14-9-10-19-17(14)15/h4-6,16,18-19H,1-3,7-13H2. The molecule has 1 aliphatic carbocycles. The maximum atomic E-state index is 5.94. The summed E-state index contributed by atoms with van der Waals surface area (Å²) >= 11 is 0. The van der Waals surface area contributed by atoms with E-state index in [-0.39, 0.29) is 0 Å². The van der Waals surface area contributed by atoms with E-state index in [1.807, 2.05) is 0 Å². The Morgan fingerprint density at radius 2 is 2.10 bits per heavy atom. The van der Waals surface area contributed by atoms with Crippen LogP contribution in [0.1, 0.15) is 43.2 Å². The van der Waals surface area contributed by atoms with Crippen LogP contribution in [0.3, 0.4) is 0 Å². The van der Waals surface area contributed by atoms with Crippen LogP contribution in [-0.2, 0) is 17.7 Å². The fourth-order valence-electron chi connectivity index (χ4n) is 3.31. The number of fused-ring (bicyclic) bond motifs is 1. The van der Waals surface area contributed by atoms with Crippen molar-refractivity contribution in [3.63, 3.8) is 0 Å². The fourth-order valence-corrected chi connectivity index (χ4v) is 3.31. The highest BCUT2D eigenvalue weighted by atomic mass is 16.5. The zero-order chi connectivity index (χ0) is 13.6. The first kappa shape index (κ1) is 13.9. The first-order valence-electron chi connectivity index (χ1n) is 8.10. The van der Waals surface area contributed by atoms with Crippen molar-refractivity contribution < 1.29 is 4.74 Å². The molecule has 1 aliphatic heterocycles. The molecule has 1 fully saturated rings. The molecule has 0 unspecified atom stereocenters. The second-order valence-corrected chi connectivity index (χ2v) is 5.94. The van der Waals surface area contributed by atoms with Crippen molar-refractivity contribution in [1.29, 1.82) is 0 Å². The van der Waals surface area contributed by atoms with Gasteiger partial charge in [-0.1, -0.05) is 37.5 Å². The predicted molar refractivity (Wildman–Crippen MR) is 83.2 cm³/mol. The molecule has 0 amide bonds. The third-order valence-corrected chi connectivity index (χ3v) is 4.43. The third-order valence-electron chi connectivity index (χ3n) is 4.43. The van der Waals surface area contributed by atoms with Crippen LogP contribution >= 0.6 is 0 Å². The summed E-state index contributed by atoms with van der Waals surface area (Å²) < 4.78 is 5.94. The molecule has 0 bridgehead atoms. The van der Waals surface area contributed by atoms with Crippen LogP contribution in [0.2, 0.25) is 0 Å². The highest BCUT2D eigenvalue weighted by Gasteiger charge is 2.14. The fraction of sp³-hybridized carbons (Fsp3) is 0.647. The lowest BCUT2D eigenvalue weighted by Crippen LogP contribution is -2.24. The molecule has 0 saturated heterocycles. The van der Waals surface area contributed by atoms with Gasteiger partial charge >= 0.3 is 0 Å². The Labute approximate surface area is 122 Å². The van der Waals surface area contributed by atoms with Crippen molar-refractivity contribution in [2.75, 3.05) is 25.0 Å². The minimum Gasteiger partial charge on any atom is -0.384 e. The van der Waals surface area contributed by atoms with E-state index in [0.717, 1.165) is 32.7 Å². The van der Waals surface area contributed by atoms with Gasteiger partial charge in [-0.2, -0.15) is 0 Å². The minimum absolute atomic E-state index is 0.521. The summed E-state index contributed by atoms with van der Waals surface area (Å²) in [5.41, 5.74) is 4.20. The maximum absolute atomic E-state index is 5.94. The molecule has 3 rings (SSSR count). The number of para-hydroxylation sites is 1. The van der Waals surface area contributed by atoms with Crippen LogP contribution in [0.15, 0.2) is 18.2 Å². The molecular formula is C17H26N2O. The summed E-state index contributed by atoms with van der Waals surface area (Å²) in [6, 6.07) is 6.61. The molecule has 2 N–H and O–H groups in total. The van der Waals surface area contributed by atoms with E-state index in [1.54, 1.807) is 0 Å². The van der Waals surface area contributed by atoms with Gasteiger partial charge in [-0.25, -0.2) is 0 Å². The van der Waals surface area contributed by atoms with Crippen molar-refractivity contribution in [2.45, 2.75) is 51.2 Å². The maximum Gasteiger partial charge on any atom is 0.0594 e. The van der Waals surface area contributed by atoms with E-state index in [9.17, 15) is 0 Å². The second-order valence-electron chi connectivity index (χ2n) is 5.94. The van der Waals surface area contributed by atoms with E-state index in [0.29, 0.717) is 6.10 Å². The van der Waals surface area contributed by atoms with Gasteiger partial charge in [0.1, 0.15) is 0 Å². The first-order valence-corrected chi connectivity index (χ1v) is 8.10. The molecule has 20 heavy (non-hydrogen) atoms. The lowest BCUT2D eigenvalue weighted by atomic mass is 9.98. The van der Waals surface area contributed by atoms with Crippen LogP contribution < -0.4 is 10.6 Å². The summed E-state index contributed by atoms with van der Waals surface area (Å²) in [7, 11) is 0. The summed E-state index contributed by atoms with van der Waals surface area (Å²) in [5.74, 6) is 0. The Balaban J connectivity index is 1.37. The van der Waals surface area contributed by atoms with Gasteiger partial charge in [-0.15, -0.1) is 0 Å². The average molecular weight is 274 g/mol. The van der Waals surface area contributed by atoms with Crippen LogP contribution in [-0.4, -0.2) is 25.8 Å². The number of anilines is 1. The summed E-state index contributed by atoms with van der Waals surface area (Å²) in [5, 5.41) is 7.00. The smallest absolute Gasteiger partial charge is 0.0594 e. The molecule has 1 saturated carbocycles. The molecular weight excluding hydrogens is 248 g/mol. The topological polar surface area (TPSA) is 33.3 Å². The Morgan fingerprint density at radius 1 is 1.20 bits per heavy atom. The lowest BCUT2D eigenvalue weighted by molar-refractivity contribution is 0.0302. The molecule has 1 heterocycles. The normalized spacial score (nSPS) is 18.8. The van der Waals surface area contributed by atoms with Crippen LogP contribution in [0.4, 0.5) is 5.69 Å². The van der Waals surface area contributed by atoms with Crippen LogP contribution in [0.25, 0.3) is 0 Å². The van der Waals surface area contributed by atoms with Crippen molar-refractivity contribution in [3.8, 4) is 0 Å². The second kappa shape index (κ2) is 7.09. The summed E-state index contributed by atoms with van der Waals surface area (Å²) in [4.78, 5) is 0. The predicted octanol–water partition coefficient (Wildman–Crippen LogP) is 3.09. The average Bonchev–Trinajstić information content (AvgIpc) is 2.97. The van der Waals surface area contributed by atoms with Crippen molar-refractivity contribution in [1.82, 2.24) is 5.32 Å². The molecule has 0 radical (unpaired) electrons. The molecule has 2 aliphatic rings. The van der Waals surface area contributed by atoms with E-state index in [1.165, 1.54) is 48.9 Å². The number of benzene rings is 1. The lowest BCUT2D eigenvalue weighted by Gasteiger charge is -2.22. The number of nitrogens with one attached hydrogen (secondary N) is 2. The highest BCUT2D eigenvalue weighted by Crippen LogP contribution is 2.26. The monoisotopic (exact) mass is 274 g/mol. The van der Waals surface area contributed by atoms with Gasteiger partial charge in [0.2, 0.25) is 0 Å². The zero-order valence-corrected chi connectivity index (χ0v) is 12.3. The Kier molecular flexibility index (Phi) is 4.93. The molecule has 0 aromatic heterocycles. The van der Waals surface area contributed by atoms with Gasteiger partial charge in [0, 0.05) is 25.3 Å². The van der Waals surface area contributed by atoms with Gasteiger partial charge in [0.05, 0.1) is 12.7 Å². The third kappa shape index (κ3) is 3.53. The van der Waals surface area contributed by atoms with Crippen molar-refractivity contribution in [3.05, 3.63) is 29.3 Å². The van der Waals surface area contributed by atoms with Gasteiger partial charge < -0.3 is 15.4 Å². The van der Waals surface area contributed by atoms with E-state index in [4.69, 9.17) is 4.74 Å². The molecule has 3 heteroatoms. The largest absolute Gasteiger partial charge is 0.384 e. The summed E-state index contributed by atoms with van der Waals surface area (Å²) in [6.45, 7) is 3.80. The van der Waals surface area contributed by atoms with Crippen molar-refractivity contribution >= 4 is 5.69 Å². The molecule has 1 aromatic carbocycles. The molecule has 110 valence electrons. The number of ether oxygens (including phenoxy) is 1. The van der Waals surface area contributed by atoms with E-state index >= 15 is 0 Å². The Morgan fingerprint density at radius 3 is 3.00 bits per heavy atom. The Bertz CT molecular complexity index is 427. The molecule has 0 atom stereocenters. The SMILES string of the molecule is c1cc2c(c(CNCCOC3CCCCC3)c1)NCC2. The van der Waals surface area contributed by atoms with E-state index < -0.39 is 0 Å². The van der Waals surface area contributed by atoms with Gasteiger partial charge in [-0.3, -0.25) is 0 Å². The quantitative estimate of drug-likeness (QED) is 0.782. The first-order chi connectivity index (χ1) is 9.93. The summed E-state index contributed by atoms with van der Waals surface area (Å²) in [6.07, 6.45) is 8.29. The number of hydrogen-bond acceptors (Lipinski definition) is 3. The van der Waals surface area contributed by atoms with E-state index in [2.05, 4.69) is 28.8 Å². The molecule has 1 aromatic rings. The number of hydrogen-bond donors (Lipinski definition) is 2. The molecule has 3 nitrogen and oxygen atoms in total.